The summed E-state index contributed by atoms with van der Waals surface area (Å²) in [5.41, 5.74) is 0.889. The third-order valence-electron chi connectivity index (χ3n) is 2.04. The van der Waals surface area contributed by atoms with Crippen LogP contribution in [-0.4, -0.2) is 10.7 Å². The summed E-state index contributed by atoms with van der Waals surface area (Å²) >= 11 is 0. The summed E-state index contributed by atoms with van der Waals surface area (Å²) < 4.78 is 5.81. The van der Waals surface area contributed by atoms with Gasteiger partial charge < -0.3 is 9.84 Å². The standard InChI is InChI=1S/C13H20O2/c1-9(2)11-7-6-10(14)8-12(11)15-13(3,4)5/h6-9,14H,1-5H3. The van der Waals surface area contributed by atoms with Crippen LogP contribution in [0.25, 0.3) is 0 Å². The molecule has 1 aromatic rings. The highest BCUT2D eigenvalue weighted by atomic mass is 16.5. The second-order valence-electron chi connectivity index (χ2n) is 5.09. The third kappa shape index (κ3) is 3.46. The predicted molar refractivity (Wildman–Crippen MR) is 62.6 cm³/mol. The van der Waals surface area contributed by atoms with Gasteiger partial charge in [0.1, 0.15) is 17.1 Å². The summed E-state index contributed by atoms with van der Waals surface area (Å²) in [5.74, 6) is 1.42. The van der Waals surface area contributed by atoms with E-state index in [0.29, 0.717) is 5.92 Å². The molecule has 1 N–H and O–H groups in total. The topological polar surface area (TPSA) is 29.5 Å². The molecule has 0 aliphatic heterocycles. The van der Waals surface area contributed by atoms with Gasteiger partial charge in [-0.15, -0.1) is 0 Å². The molecule has 1 aromatic carbocycles. The molecule has 2 nitrogen and oxygen atoms in total. The molecule has 0 fully saturated rings. The summed E-state index contributed by atoms with van der Waals surface area (Å²) in [4.78, 5) is 0. The van der Waals surface area contributed by atoms with Gasteiger partial charge >= 0.3 is 0 Å². The van der Waals surface area contributed by atoms with Crippen LogP contribution in [0.3, 0.4) is 0 Å². The fraction of sp³-hybridized carbons (Fsp3) is 0.538. The Bertz CT molecular complexity index is 335. The Morgan fingerprint density at radius 1 is 1.20 bits per heavy atom. The lowest BCUT2D eigenvalue weighted by molar-refractivity contribution is 0.128. The van der Waals surface area contributed by atoms with Gasteiger partial charge in [0, 0.05) is 6.07 Å². The average Bonchev–Trinajstić information content (AvgIpc) is 1.99. The van der Waals surface area contributed by atoms with Crippen LogP contribution in [0.1, 0.15) is 46.1 Å². The molecule has 0 heterocycles. The molecule has 0 radical (unpaired) electrons. The number of ether oxygens (including phenoxy) is 1. The number of rotatable bonds is 2. The monoisotopic (exact) mass is 208 g/mol. The highest BCUT2D eigenvalue weighted by Gasteiger charge is 2.16. The number of hydrogen-bond donors (Lipinski definition) is 1. The Balaban J connectivity index is 3.08. The van der Waals surface area contributed by atoms with Crippen molar-refractivity contribution in [1.82, 2.24) is 0 Å². The van der Waals surface area contributed by atoms with E-state index < -0.39 is 0 Å². The van der Waals surface area contributed by atoms with Gasteiger partial charge in [-0.3, -0.25) is 0 Å². The number of aromatic hydroxyl groups is 1. The van der Waals surface area contributed by atoms with Gasteiger partial charge in [0.15, 0.2) is 0 Å². The minimum Gasteiger partial charge on any atom is -0.508 e. The first kappa shape index (κ1) is 11.9. The molecular formula is C13H20O2. The number of phenolic OH excluding ortho intramolecular Hbond substituents is 1. The van der Waals surface area contributed by atoms with Gasteiger partial charge in [0.2, 0.25) is 0 Å². The van der Waals surface area contributed by atoms with E-state index >= 15 is 0 Å². The Morgan fingerprint density at radius 2 is 1.80 bits per heavy atom. The number of benzene rings is 1. The Kier molecular flexibility index (Phi) is 3.28. The molecule has 0 spiro atoms. The van der Waals surface area contributed by atoms with Crippen molar-refractivity contribution < 1.29 is 9.84 Å². The highest BCUT2D eigenvalue weighted by Crippen LogP contribution is 2.32. The summed E-state index contributed by atoms with van der Waals surface area (Å²) in [6, 6.07) is 5.30. The molecule has 0 aromatic heterocycles. The van der Waals surface area contributed by atoms with Crippen LogP contribution in [0.4, 0.5) is 0 Å². The van der Waals surface area contributed by atoms with E-state index in [1.165, 1.54) is 0 Å². The Hall–Kier alpha value is -1.18. The van der Waals surface area contributed by atoms with Crippen LogP contribution < -0.4 is 4.74 Å². The smallest absolute Gasteiger partial charge is 0.127 e. The van der Waals surface area contributed by atoms with E-state index in [1.807, 2.05) is 26.8 Å². The van der Waals surface area contributed by atoms with Gasteiger partial charge in [-0.05, 0) is 38.3 Å². The van der Waals surface area contributed by atoms with Crippen LogP contribution in [0.2, 0.25) is 0 Å². The lowest BCUT2D eigenvalue weighted by Gasteiger charge is -2.24. The summed E-state index contributed by atoms with van der Waals surface area (Å²) in [6.07, 6.45) is 0. The van der Waals surface area contributed by atoms with E-state index in [9.17, 15) is 5.11 Å². The highest BCUT2D eigenvalue weighted by molar-refractivity contribution is 5.42. The average molecular weight is 208 g/mol. The van der Waals surface area contributed by atoms with E-state index in [1.54, 1.807) is 12.1 Å². The van der Waals surface area contributed by atoms with E-state index in [4.69, 9.17) is 4.74 Å². The molecule has 0 amide bonds. The maximum Gasteiger partial charge on any atom is 0.127 e. The molecule has 0 atom stereocenters. The molecular weight excluding hydrogens is 188 g/mol. The maximum atomic E-state index is 9.44. The first-order chi connectivity index (χ1) is 6.79. The largest absolute Gasteiger partial charge is 0.508 e. The van der Waals surface area contributed by atoms with Gasteiger partial charge in [0.05, 0.1) is 0 Å². The van der Waals surface area contributed by atoms with Gasteiger partial charge in [0.25, 0.3) is 0 Å². The molecule has 0 bridgehead atoms. The van der Waals surface area contributed by atoms with Gasteiger partial charge in [-0.2, -0.15) is 0 Å². The van der Waals surface area contributed by atoms with Crippen LogP contribution in [-0.2, 0) is 0 Å². The normalized spacial score (nSPS) is 11.9. The first-order valence-corrected chi connectivity index (χ1v) is 5.31. The second kappa shape index (κ2) is 4.13. The predicted octanol–water partition coefficient (Wildman–Crippen LogP) is 3.69. The van der Waals surface area contributed by atoms with E-state index in [0.717, 1.165) is 11.3 Å². The minimum atomic E-state index is -0.239. The van der Waals surface area contributed by atoms with Crippen molar-refractivity contribution in [2.24, 2.45) is 0 Å². The zero-order valence-electron chi connectivity index (χ0n) is 10.2. The van der Waals surface area contributed by atoms with Gasteiger partial charge in [-0.1, -0.05) is 19.9 Å². The van der Waals surface area contributed by atoms with Crippen molar-refractivity contribution in [3.8, 4) is 11.5 Å². The molecule has 0 saturated carbocycles. The van der Waals surface area contributed by atoms with Crippen molar-refractivity contribution in [2.75, 3.05) is 0 Å². The van der Waals surface area contributed by atoms with Gasteiger partial charge in [-0.25, -0.2) is 0 Å². The van der Waals surface area contributed by atoms with E-state index in [2.05, 4.69) is 13.8 Å². The molecule has 0 aliphatic rings. The summed E-state index contributed by atoms with van der Waals surface area (Å²) in [6.45, 7) is 10.2. The zero-order valence-corrected chi connectivity index (χ0v) is 10.2. The number of phenols is 1. The quantitative estimate of drug-likeness (QED) is 0.803. The zero-order chi connectivity index (χ0) is 11.6. The molecule has 1 rings (SSSR count). The molecule has 0 unspecified atom stereocenters. The Morgan fingerprint density at radius 3 is 2.27 bits per heavy atom. The third-order valence-corrected chi connectivity index (χ3v) is 2.04. The summed E-state index contributed by atoms with van der Waals surface area (Å²) in [5, 5.41) is 9.44. The molecule has 0 saturated heterocycles. The van der Waals surface area contributed by atoms with Crippen LogP contribution in [0, 0.1) is 0 Å². The lowest BCUT2D eigenvalue weighted by Crippen LogP contribution is -2.23. The minimum absolute atomic E-state index is 0.239. The number of hydrogen-bond acceptors (Lipinski definition) is 2. The van der Waals surface area contributed by atoms with Crippen LogP contribution in [0.15, 0.2) is 18.2 Å². The molecule has 84 valence electrons. The fourth-order valence-corrected chi connectivity index (χ4v) is 1.42. The second-order valence-corrected chi connectivity index (χ2v) is 5.09. The SMILES string of the molecule is CC(C)c1ccc(O)cc1OC(C)(C)C. The fourth-order valence-electron chi connectivity index (χ4n) is 1.42. The Labute approximate surface area is 91.9 Å². The maximum absolute atomic E-state index is 9.44. The molecule has 0 aliphatic carbocycles. The first-order valence-electron chi connectivity index (χ1n) is 5.31. The lowest BCUT2D eigenvalue weighted by atomic mass is 10.0. The van der Waals surface area contributed by atoms with Crippen molar-refractivity contribution in [3.63, 3.8) is 0 Å². The van der Waals surface area contributed by atoms with E-state index in [-0.39, 0.29) is 11.4 Å². The van der Waals surface area contributed by atoms with Crippen molar-refractivity contribution >= 4 is 0 Å². The van der Waals surface area contributed by atoms with Crippen LogP contribution in [0.5, 0.6) is 11.5 Å². The molecule has 15 heavy (non-hydrogen) atoms. The van der Waals surface area contributed by atoms with Crippen molar-refractivity contribution in [1.29, 1.82) is 0 Å². The van der Waals surface area contributed by atoms with Crippen molar-refractivity contribution in [3.05, 3.63) is 23.8 Å². The summed E-state index contributed by atoms with van der Waals surface area (Å²) in [7, 11) is 0. The van der Waals surface area contributed by atoms with Crippen LogP contribution >= 0.6 is 0 Å². The van der Waals surface area contributed by atoms with Crippen molar-refractivity contribution in [2.45, 2.75) is 46.1 Å². The molecule has 2 heteroatoms.